The number of likely N-dealkylation sites (N-methyl/N-ethyl adjacent to an activating group) is 1. The van der Waals surface area contributed by atoms with Gasteiger partial charge in [0.05, 0.1) is 6.54 Å². The van der Waals surface area contributed by atoms with Crippen LogP contribution in [0.5, 0.6) is 0 Å². The fraction of sp³-hybridized carbons (Fsp3) is 0.857. The zero-order valence-electron chi connectivity index (χ0n) is 13.6. The third kappa shape index (κ3) is 2.99. The van der Waals surface area contributed by atoms with Crippen LogP contribution in [-0.4, -0.2) is 66.0 Å². The van der Waals surface area contributed by atoms with Crippen LogP contribution in [0.3, 0.4) is 0 Å². The third-order valence-corrected chi connectivity index (χ3v) is 5.96. The smallest absolute Gasteiger partial charge is 0.410 e. The molecule has 2 aliphatic heterocycles. The maximum absolute atomic E-state index is 12.4. The minimum Gasteiger partial charge on any atom is -0.444 e. The number of ether oxygens (including phenoxy) is 1. The van der Waals surface area contributed by atoms with E-state index in [-0.39, 0.29) is 18.9 Å². The molecule has 1 amide bonds. The van der Waals surface area contributed by atoms with Crippen molar-refractivity contribution < 1.29 is 22.7 Å². The van der Waals surface area contributed by atoms with Gasteiger partial charge < -0.3 is 9.64 Å². The van der Waals surface area contributed by atoms with Crippen molar-refractivity contribution >= 4 is 21.9 Å². The summed E-state index contributed by atoms with van der Waals surface area (Å²) in [5, 5.41) is 0. The lowest BCUT2D eigenvalue weighted by Gasteiger charge is -2.43. The lowest BCUT2D eigenvalue weighted by molar-refractivity contribution is -0.126. The van der Waals surface area contributed by atoms with E-state index in [0.717, 1.165) is 0 Å². The fourth-order valence-electron chi connectivity index (χ4n) is 3.23. The van der Waals surface area contributed by atoms with E-state index in [1.165, 1.54) is 9.21 Å². The first-order valence-electron chi connectivity index (χ1n) is 7.53. The molecule has 1 spiro atoms. The summed E-state index contributed by atoms with van der Waals surface area (Å²) in [6, 6.07) is 0. The number of Topliss-reactive ketones (excluding diaryl/α,β-unsaturated/α-hetero) is 1. The number of amides is 1. The second-order valence-electron chi connectivity index (χ2n) is 6.88. The lowest BCUT2D eigenvalue weighted by atomic mass is 9.85. The van der Waals surface area contributed by atoms with E-state index in [1.54, 1.807) is 27.7 Å². The Kier molecular flexibility index (Phi) is 4.29. The van der Waals surface area contributed by atoms with Gasteiger partial charge in [0.15, 0.2) is 5.78 Å². The number of rotatable bonds is 1. The molecule has 2 aliphatic rings. The first-order chi connectivity index (χ1) is 10.0. The quantitative estimate of drug-likeness (QED) is 0.715. The van der Waals surface area contributed by atoms with Crippen molar-refractivity contribution in [2.75, 3.05) is 25.4 Å². The number of nitrogens with zero attached hydrogens (tertiary/aromatic N) is 2. The molecule has 0 N–H and O–H groups in total. The standard InChI is InChI=1S/C14H24N2O5S/c1-5-16-14(11(17)9-22(16,19)20)7-6-8-15(10-14)12(18)21-13(2,3)4/h5-10H2,1-4H3. The Hall–Kier alpha value is -1.15. The van der Waals surface area contributed by atoms with Crippen molar-refractivity contribution in [2.24, 2.45) is 0 Å². The zero-order chi connectivity index (χ0) is 16.8. The predicted molar refractivity (Wildman–Crippen MR) is 80.9 cm³/mol. The summed E-state index contributed by atoms with van der Waals surface area (Å²) >= 11 is 0. The van der Waals surface area contributed by atoms with Crippen LogP contribution in [0.25, 0.3) is 0 Å². The van der Waals surface area contributed by atoms with Crippen molar-refractivity contribution in [1.82, 2.24) is 9.21 Å². The maximum Gasteiger partial charge on any atom is 0.410 e. The number of piperidine rings is 1. The van der Waals surface area contributed by atoms with E-state index in [9.17, 15) is 18.0 Å². The van der Waals surface area contributed by atoms with Crippen molar-refractivity contribution in [3.63, 3.8) is 0 Å². The monoisotopic (exact) mass is 332 g/mol. The van der Waals surface area contributed by atoms with Crippen LogP contribution in [0.1, 0.15) is 40.5 Å². The molecule has 2 heterocycles. The molecule has 0 aromatic heterocycles. The van der Waals surface area contributed by atoms with Crippen LogP contribution in [0, 0.1) is 0 Å². The van der Waals surface area contributed by atoms with Gasteiger partial charge in [-0.05, 0) is 33.6 Å². The molecule has 0 aromatic rings. The highest BCUT2D eigenvalue weighted by Crippen LogP contribution is 2.36. The molecule has 0 saturated carbocycles. The minimum atomic E-state index is -3.57. The molecule has 22 heavy (non-hydrogen) atoms. The number of likely N-dealkylation sites (tertiary alicyclic amines) is 1. The van der Waals surface area contributed by atoms with Gasteiger partial charge in [-0.15, -0.1) is 0 Å². The lowest BCUT2D eigenvalue weighted by Crippen LogP contribution is -2.61. The minimum absolute atomic E-state index is 0.0772. The number of hydrogen-bond donors (Lipinski definition) is 0. The Balaban J connectivity index is 2.26. The Morgan fingerprint density at radius 3 is 2.55 bits per heavy atom. The fourth-order valence-corrected chi connectivity index (χ4v) is 5.16. The van der Waals surface area contributed by atoms with E-state index < -0.39 is 33.0 Å². The Morgan fingerprint density at radius 2 is 2.00 bits per heavy atom. The Bertz CT molecular complexity index is 581. The summed E-state index contributed by atoms with van der Waals surface area (Å²) in [5.74, 6) is -0.786. The first kappa shape index (κ1) is 17.2. The number of ketones is 1. The van der Waals surface area contributed by atoms with E-state index in [0.29, 0.717) is 19.4 Å². The molecule has 126 valence electrons. The van der Waals surface area contributed by atoms with Crippen molar-refractivity contribution in [1.29, 1.82) is 0 Å². The SMILES string of the molecule is CCN1C2(CCCN(C(=O)OC(C)(C)C)C2)C(=O)CS1(=O)=O. The average molecular weight is 332 g/mol. The molecule has 2 saturated heterocycles. The second kappa shape index (κ2) is 5.49. The maximum atomic E-state index is 12.4. The van der Waals surface area contributed by atoms with E-state index in [1.807, 2.05) is 0 Å². The summed E-state index contributed by atoms with van der Waals surface area (Å²) < 4.78 is 30.9. The highest BCUT2D eigenvalue weighted by Gasteiger charge is 2.57. The predicted octanol–water partition coefficient (Wildman–Crippen LogP) is 0.991. The molecule has 0 aromatic carbocycles. The molecule has 0 aliphatic carbocycles. The van der Waals surface area contributed by atoms with Crippen LogP contribution in [0.4, 0.5) is 4.79 Å². The topological polar surface area (TPSA) is 84.0 Å². The molecule has 7 nitrogen and oxygen atoms in total. The van der Waals surface area contributed by atoms with Gasteiger partial charge in [-0.1, -0.05) is 6.92 Å². The Morgan fingerprint density at radius 1 is 1.36 bits per heavy atom. The van der Waals surface area contributed by atoms with Gasteiger partial charge in [-0.25, -0.2) is 13.2 Å². The van der Waals surface area contributed by atoms with E-state index in [4.69, 9.17) is 4.74 Å². The summed E-state index contributed by atoms with van der Waals surface area (Å²) in [6.07, 6.45) is 0.537. The molecule has 0 bridgehead atoms. The van der Waals surface area contributed by atoms with Crippen LogP contribution in [0.2, 0.25) is 0 Å². The molecule has 1 unspecified atom stereocenters. The highest BCUT2D eigenvalue weighted by atomic mass is 32.2. The largest absolute Gasteiger partial charge is 0.444 e. The van der Waals surface area contributed by atoms with Gasteiger partial charge in [-0.3, -0.25) is 4.79 Å². The average Bonchev–Trinajstić information content (AvgIpc) is 2.53. The van der Waals surface area contributed by atoms with Crippen LogP contribution in [-0.2, 0) is 19.6 Å². The summed E-state index contributed by atoms with van der Waals surface area (Å²) in [7, 11) is -3.57. The number of carbonyl (C=O) groups is 2. The van der Waals surface area contributed by atoms with Gasteiger partial charge in [0.1, 0.15) is 16.9 Å². The highest BCUT2D eigenvalue weighted by molar-refractivity contribution is 7.90. The Labute approximate surface area is 131 Å². The molecule has 2 fully saturated rings. The molecule has 2 rings (SSSR count). The molecule has 0 radical (unpaired) electrons. The molecular weight excluding hydrogens is 308 g/mol. The van der Waals surface area contributed by atoms with Gasteiger partial charge in [0.25, 0.3) is 0 Å². The first-order valence-corrected chi connectivity index (χ1v) is 9.14. The summed E-state index contributed by atoms with van der Waals surface area (Å²) in [4.78, 5) is 26.1. The summed E-state index contributed by atoms with van der Waals surface area (Å²) in [5.41, 5.74) is -1.74. The van der Waals surface area contributed by atoms with E-state index in [2.05, 4.69) is 0 Å². The van der Waals surface area contributed by atoms with Crippen LogP contribution >= 0.6 is 0 Å². The normalized spacial score (nSPS) is 29.1. The molecule has 8 heteroatoms. The van der Waals surface area contributed by atoms with Gasteiger partial charge in [-0.2, -0.15) is 4.31 Å². The van der Waals surface area contributed by atoms with Crippen LogP contribution < -0.4 is 0 Å². The zero-order valence-corrected chi connectivity index (χ0v) is 14.4. The van der Waals surface area contributed by atoms with Crippen LogP contribution in [0.15, 0.2) is 0 Å². The van der Waals surface area contributed by atoms with Gasteiger partial charge in [0.2, 0.25) is 10.0 Å². The number of hydrogen-bond acceptors (Lipinski definition) is 5. The second-order valence-corrected chi connectivity index (χ2v) is 8.77. The third-order valence-electron chi connectivity index (χ3n) is 4.06. The summed E-state index contributed by atoms with van der Waals surface area (Å²) in [6.45, 7) is 7.81. The van der Waals surface area contributed by atoms with Crippen molar-refractivity contribution in [3.05, 3.63) is 0 Å². The van der Waals surface area contributed by atoms with Crippen molar-refractivity contribution in [3.8, 4) is 0 Å². The van der Waals surface area contributed by atoms with Gasteiger partial charge >= 0.3 is 6.09 Å². The van der Waals surface area contributed by atoms with Crippen molar-refractivity contribution in [2.45, 2.75) is 51.7 Å². The molecular formula is C14H24N2O5S. The van der Waals surface area contributed by atoms with Gasteiger partial charge in [0, 0.05) is 13.1 Å². The number of sulfonamides is 1. The molecule has 1 atom stereocenters. The van der Waals surface area contributed by atoms with E-state index >= 15 is 0 Å². The number of carbonyl (C=O) groups excluding carboxylic acids is 2.